The highest BCUT2D eigenvalue weighted by molar-refractivity contribution is 6.35. The molecule has 4 aromatic carbocycles. The molecule has 4 amide bonds. The lowest BCUT2D eigenvalue weighted by molar-refractivity contribution is -0.135. The van der Waals surface area contributed by atoms with Gasteiger partial charge in [0.1, 0.15) is 46.8 Å². The van der Waals surface area contributed by atoms with Crippen LogP contribution in [-0.2, 0) is 45.7 Å². The van der Waals surface area contributed by atoms with Gasteiger partial charge in [0, 0.05) is 80.3 Å². The summed E-state index contributed by atoms with van der Waals surface area (Å²) in [6.45, 7) is 16.6. The fraction of sp³-hybridized carbons (Fsp3) is 0.400. The van der Waals surface area contributed by atoms with Crippen LogP contribution in [0.5, 0.6) is 5.75 Å². The van der Waals surface area contributed by atoms with Crippen molar-refractivity contribution >= 4 is 73.9 Å². The van der Waals surface area contributed by atoms with E-state index in [1.54, 1.807) is 19.1 Å². The average molecular weight is 1010 g/mol. The Balaban J connectivity index is 0.961. The summed E-state index contributed by atoms with van der Waals surface area (Å²) in [5, 5.41) is 12.7. The Morgan fingerprint density at radius 2 is 1.67 bits per heavy atom. The number of benzene rings is 4. The maximum absolute atomic E-state index is 14.7. The first kappa shape index (κ1) is 50.8. The number of piperazine rings is 1. The SMILES string of the molecule is Cc1cc(C(=O)NC2CCC(=O)NC2=O)c2nc(C)n(CC(=O)N3CCN(CCn4c(C(=O)OC(C)(C)C)c(CCCOc5cccc6cc(F)ccc56)c5ccc(Cl)c(-c6c(C)nn(C)c6C)c54)CC3)c2c1. The van der Waals surface area contributed by atoms with Gasteiger partial charge < -0.3 is 28.8 Å². The number of nitrogens with zero attached hydrogens (tertiary/aromatic N) is 7. The molecular formula is C55H61ClFN9O7. The molecule has 2 saturated heterocycles. The molecule has 1 atom stereocenters. The zero-order valence-electron chi connectivity index (χ0n) is 42.6. The number of carbonyl (C=O) groups excluding carboxylic acids is 5. The molecule has 2 N–H and O–H groups in total. The minimum absolute atomic E-state index is 0.0149. The number of imidazole rings is 1. The van der Waals surface area contributed by atoms with Gasteiger partial charge in [-0.15, -0.1) is 0 Å². The van der Waals surface area contributed by atoms with E-state index in [0.29, 0.717) is 92.0 Å². The largest absolute Gasteiger partial charge is 0.493 e. The number of imide groups is 1. The Kier molecular flexibility index (Phi) is 14.2. The van der Waals surface area contributed by atoms with Crippen molar-refractivity contribution in [3.05, 3.63) is 111 Å². The van der Waals surface area contributed by atoms with Gasteiger partial charge in [0.25, 0.3) is 5.91 Å². The Labute approximate surface area is 427 Å². The van der Waals surface area contributed by atoms with Crippen LogP contribution in [-0.4, -0.2) is 114 Å². The van der Waals surface area contributed by atoms with E-state index >= 15 is 0 Å². The van der Waals surface area contributed by atoms with E-state index in [-0.39, 0.29) is 42.6 Å². The van der Waals surface area contributed by atoms with E-state index < -0.39 is 29.4 Å². The molecule has 16 nitrogen and oxygen atoms in total. The maximum atomic E-state index is 14.7. The lowest BCUT2D eigenvalue weighted by Crippen LogP contribution is -2.52. The van der Waals surface area contributed by atoms with Crippen LogP contribution in [0.25, 0.3) is 43.8 Å². The second-order valence-electron chi connectivity index (χ2n) is 20.2. The highest BCUT2D eigenvalue weighted by atomic mass is 35.5. The summed E-state index contributed by atoms with van der Waals surface area (Å²) in [5.74, 6) is -1.05. The fourth-order valence-electron chi connectivity index (χ4n) is 10.3. The first-order valence-corrected chi connectivity index (χ1v) is 25.1. The smallest absolute Gasteiger partial charge is 0.355 e. The van der Waals surface area contributed by atoms with Gasteiger partial charge in [-0.25, -0.2) is 14.2 Å². The second kappa shape index (κ2) is 20.4. The van der Waals surface area contributed by atoms with Crippen LogP contribution in [0.3, 0.4) is 0 Å². The highest BCUT2D eigenvalue weighted by Crippen LogP contribution is 2.43. The molecule has 2 fully saturated rings. The molecule has 0 saturated carbocycles. The van der Waals surface area contributed by atoms with Gasteiger partial charge in [-0.05, 0) is 127 Å². The second-order valence-corrected chi connectivity index (χ2v) is 20.6. The van der Waals surface area contributed by atoms with E-state index in [9.17, 15) is 28.4 Å². The molecule has 0 bridgehead atoms. The van der Waals surface area contributed by atoms with E-state index in [1.807, 2.05) is 99.1 Å². The van der Waals surface area contributed by atoms with Crippen molar-refractivity contribution in [1.29, 1.82) is 0 Å². The molecule has 3 aromatic heterocycles. The summed E-state index contributed by atoms with van der Waals surface area (Å²) in [7, 11) is 1.90. The molecule has 18 heteroatoms. The first-order valence-electron chi connectivity index (χ1n) is 24.8. The van der Waals surface area contributed by atoms with Gasteiger partial charge in [0.15, 0.2) is 0 Å². The van der Waals surface area contributed by atoms with Gasteiger partial charge in [-0.2, -0.15) is 5.10 Å². The van der Waals surface area contributed by atoms with Crippen LogP contribution >= 0.6 is 11.6 Å². The Morgan fingerprint density at radius 3 is 2.38 bits per heavy atom. The molecule has 0 spiro atoms. The number of hydrogen-bond acceptors (Lipinski definition) is 10. The first-order chi connectivity index (χ1) is 34.8. The van der Waals surface area contributed by atoms with E-state index in [1.165, 1.54) is 12.1 Å². The third-order valence-electron chi connectivity index (χ3n) is 13.9. The van der Waals surface area contributed by atoms with E-state index in [4.69, 9.17) is 31.2 Å². The van der Waals surface area contributed by atoms with Crippen molar-refractivity contribution in [2.45, 2.75) is 98.9 Å². The van der Waals surface area contributed by atoms with Crippen LogP contribution in [0, 0.1) is 33.5 Å². The summed E-state index contributed by atoms with van der Waals surface area (Å²) in [6.07, 6.45) is 1.37. The van der Waals surface area contributed by atoms with Crippen molar-refractivity contribution in [3.63, 3.8) is 0 Å². The molecule has 7 aromatic rings. The summed E-state index contributed by atoms with van der Waals surface area (Å²) in [4.78, 5) is 75.3. The molecule has 382 valence electrons. The minimum Gasteiger partial charge on any atom is -0.493 e. The van der Waals surface area contributed by atoms with E-state index in [0.717, 1.165) is 55.3 Å². The molecule has 1 unspecified atom stereocenters. The lowest BCUT2D eigenvalue weighted by atomic mass is 9.98. The third-order valence-corrected chi connectivity index (χ3v) is 14.2. The highest BCUT2D eigenvalue weighted by Gasteiger charge is 2.33. The molecule has 9 rings (SSSR count). The van der Waals surface area contributed by atoms with Crippen molar-refractivity contribution < 1.29 is 37.8 Å². The predicted molar refractivity (Wildman–Crippen MR) is 277 cm³/mol. The van der Waals surface area contributed by atoms with Crippen LogP contribution in [0.1, 0.15) is 89.2 Å². The summed E-state index contributed by atoms with van der Waals surface area (Å²) < 4.78 is 32.3. The Hall–Kier alpha value is -7.11. The zero-order valence-corrected chi connectivity index (χ0v) is 43.3. The average Bonchev–Trinajstić information content (AvgIpc) is 3.92. The van der Waals surface area contributed by atoms with E-state index in [2.05, 4.69) is 20.1 Å². The maximum Gasteiger partial charge on any atom is 0.355 e. The molecule has 0 radical (unpaired) electrons. The zero-order chi connectivity index (χ0) is 52.0. The normalized spacial score (nSPS) is 15.6. The molecular weight excluding hydrogens is 953 g/mol. The van der Waals surface area contributed by atoms with Crippen LogP contribution in [0.2, 0.25) is 5.02 Å². The minimum atomic E-state index is -0.846. The third kappa shape index (κ3) is 10.4. The van der Waals surface area contributed by atoms with Gasteiger partial charge in [0.05, 0.1) is 33.9 Å². The summed E-state index contributed by atoms with van der Waals surface area (Å²) >= 11 is 7.22. The molecule has 0 aliphatic carbocycles. The monoisotopic (exact) mass is 1010 g/mol. The summed E-state index contributed by atoms with van der Waals surface area (Å²) in [6, 6.07) is 16.8. The van der Waals surface area contributed by atoms with Crippen molar-refractivity contribution in [2.24, 2.45) is 7.05 Å². The number of nitrogens with one attached hydrogen (secondary N) is 2. The number of ether oxygens (including phenoxy) is 2. The summed E-state index contributed by atoms with van der Waals surface area (Å²) in [5.41, 5.74) is 6.80. The van der Waals surface area contributed by atoms with Crippen molar-refractivity contribution in [2.75, 3.05) is 39.3 Å². The molecule has 2 aliphatic rings. The number of hydrogen-bond donors (Lipinski definition) is 2. The van der Waals surface area contributed by atoms with Gasteiger partial charge >= 0.3 is 5.97 Å². The molecule has 2 aliphatic heterocycles. The molecule has 73 heavy (non-hydrogen) atoms. The number of rotatable bonds is 14. The van der Waals surface area contributed by atoms with Gasteiger partial charge in [0.2, 0.25) is 17.7 Å². The quantitative estimate of drug-likeness (QED) is 0.0619. The van der Waals surface area contributed by atoms with Gasteiger partial charge in [-0.3, -0.25) is 34.1 Å². The fourth-order valence-corrected chi connectivity index (χ4v) is 10.5. The number of carbonyl (C=O) groups is 5. The van der Waals surface area contributed by atoms with Gasteiger partial charge in [-0.1, -0.05) is 29.8 Å². The number of halogens is 2. The van der Waals surface area contributed by atoms with Crippen molar-refractivity contribution in [3.8, 4) is 16.9 Å². The number of fused-ring (bicyclic) bond motifs is 3. The number of esters is 1. The topological polar surface area (TPSA) is 175 Å². The standard InChI is InChI=1S/C55H61ClFN9O7/c1-31-27-40(52(69)59-42-18-19-45(67)60-53(42)70)49-43(28-31)66(34(4)58-49)30-46(68)64-23-20-63(21-24-64)22-25-65-50-39(16-17-41(56)48(50)47-32(2)61-62(8)33(47)3)38(51(65)54(71)73-55(5,6)7)12-10-26-72-44-13-9-11-35-29-36(57)14-15-37(35)44/h9,11,13-17,27-29,42H,10,12,18-26,30H2,1-8H3,(H,59,69)(H,60,67,70). The Bertz CT molecular complexity index is 3360. The van der Waals surface area contributed by atoms with Crippen molar-refractivity contribution in [1.82, 2.24) is 44.3 Å². The number of piperidine rings is 1. The van der Waals surface area contributed by atoms with Crippen LogP contribution in [0.4, 0.5) is 4.39 Å². The number of aromatic nitrogens is 5. The predicted octanol–water partition coefficient (Wildman–Crippen LogP) is 7.92. The lowest BCUT2D eigenvalue weighted by Gasteiger charge is -2.35. The number of amides is 4. The molecule has 5 heterocycles. The van der Waals surface area contributed by atoms with Crippen LogP contribution in [0.15, 0.2) is 60.7 Å². The number of aryl methyl sites for hydroxylation is 5. The Morgan fingerprint density at radius 1 is 0.918 bits per heavy atom. The van der Waals surface area contributed by atoms with Crippen LogP contribution < -0.4 is 15.4 Å².